The van der Waals surface area contributed by atoms with Crippen LogP contribution in [0.15, 0.2) is 12.1 Å². The molecule has 0 atom stereocenters. The van der Waals surface area contributed by atoms with Gasteiger partial charge in [-0.05, 0) is 57.6 Å². The molecule has 2 N–H and O–H groups in total. The Hall–Kier alpha value is -1.06. The normalized spacial score (nSPS) is 22.8. The van der Waals surface area contributed by atoms with Crippen molar-refractivity contribution in [1.29, 1.82) is 0 Å². The topological polar surface area (TPSA) is 41.5 Å². The molecule has 2 rings (SSSR count). The Morgan fingerprint density at radius 1 is 1.10 bits per heavy atom. The van der Waals surface area contributed by atoms with Crippen molar-refractivity contribution in [2.75, 3.05) is 13.2 Å². The van der Waals surface area contributed by atoms with E-state index in [2.05, 4.69) is 38.2 Å². The van der Waals surface area contributed by atoms with Crippen molar-refractivity contribution >= 4 is 0 Å². The van der Waals surface area contributed by atoms with Crippen LogP contribution < -0.4 is 10.1 Å². The van der Waals surface area contributed by atoms with E-state index in [-0.39, 0.29) is 6.10 Å². The largest absolute Gasteiger partial charge is 0.492 e. The average molecular weight is 277 g/mol. The number of nitrogens with one attached hydrogen (secondary N) is 1. The lowest BCUT2D eigenvalue weighted by Gasteiger charge is -2.26. The van der Waals surface area contributed by atoms with Crippen molar-refractivity contribution in [2.45, 2.75) is 58.6 Å². The summed E-state index contributed by atoms with van der Waals surface area (Å²) >= 11 is 0. The minimum atomic E-state index is -0.0813. The van der Waals surface area contributed by atoms with E-state index in [1.54, 1.807) is 0 Å². The smallest absolute Gasteiger partial charge is 0.125 e. The van der Waals surface area contributed by atoms with E-state index in [4.69, 9.17) is 4.74 Å². The minimum absolute atomic E-state index is 0.0813. The van der Waals surface area contributed by atoms with Gasteiger partial charge >= 0.3 is 0 Å². The first-order valence-corrected chi connectivity index (χ1v) is 7.68. The Kier molecular flexibility index (Phi) is 5.44. The second-order valence-corrected chi connectivity index (χ2v) is 6.04. The van der Waals surface area contributed by atoms with Gasteiger partial charge in [-0.3, -0.25) is 0 Å². The van der Waals surface area contributed by atoms with Crippen LogP contribution in [-0.4, -0.2) is 30.4 Å². The van der Waals surface area contributed by atoms with Crippen LogP contribution in [-0.2, 0) is 0 Å². The summed E-state index contributed by atoms with van der Waals surface area (Å²) in [6, 6.07) is 4.87. The highest BCUT2D eigenvalue weighted by Gasteiger charge is 2.18. The van der Waals surface area contributed by atoms with Gasteiger partial charge in [0.2, 0.25) is 0 Å². The zero-order chi connectivity index (χ0) is 14.5. The highest BCUT2D eigenvalue weighted by molar-refractivity contribution is 5.42. The zero-order valence-corrected chi connectivity index (χ0v) is 12.9. The summed E-state index contributed by atoms with van der Waals surface area (Å²) < 4.78 is 5.92. The van der Waals surface area contributed by atoms with Crippen LogP contribution in [0.4, 0.5) is 0 Å². The maximum absolute atomic E-state index is 9.48. The van der Waals surface area contributed by atoms with Crippen molar-refractivity contribution in [3.05, 3.63) is 28.8 Å². The summed E-state index contributed by atoms with van der Waals surface area (Å²) in [5.74, 6) is 1.02. The van der Waals surface area contributed by atoms with Crippen LogP contribution in [0.25, 0.3) is 0 Å². The quantitative estimate of drug-likeness (QED) is 0.813. The average Bonchev–Trinajstić information content (AvgIpc) is 2.39. The molecule has 0 saturated heterocycles. The fourth-order valence-corrected chi connectivity index (χ4v) is 3.09. The lowest BCUT2D eigenvalue weighted by Crippen LogP contribution is -2.36. The van der Waals surface area contributed by atoms with Gasteiger partial charge in [0.15, 0.2) is 0 Å². The van der Waals surface area contributed by atoms with E-state index in [0.29, 0.717) is 12.6 Å². The second-order valence-electron chi connectivity index (χ2n) is 6.04. The van der Waals surface area contributed by atoms with Gasteiger partial charge in [-0.25, -0.2) is 0 Å². The van der Waals surface area contributed by atoms with E-state index in [1.807, 2.05) is 0 Å². The Labute approximate surface area is 122 Å². The Morgan fingerprint density at radius 2 is 1.70 bits per heavy atom. The molecule has 0 unspecified atom stereocenters. The van der Waals surface area contributed by atoms with Crippen molar-refractivity contribution in [3.8, 4) is 5.75 Å². The monoisotopic (exact) mass is 277 g/mol. The molecule has 1 aliphatic carbocycles. The molecule has 1 saturated carbocycles. The van der Waals surface area contributed by atoms with Crippen LogP contribution in [0.1, 0.15) is 42.4 Å². The molecule has 0 radical (unpaired) electrons. The number of hydrogen-bond acceptors (Lipinski definition) is 3. The van der Waals surface area contributed by atoms with Gasteiger partial charge < -0.3 is 15.2 Å². The molecule has 0 heterocycles. The predicted molar refractivity (Wildman–Crippen MR) is 82.4 cm³/mol. The van der Waals surface area contributed by atoms with Crippen molar-refractivity contribution < 1.29 is 9.84 Å². The van der Waals surface area contributed by atoms with Gasteiger partial charge in [0.05, 0.1) is 6.10 Å². The first kappa shape index (κ1) is 15.3. The van der Waals surface area contributed by atoms with Crippen molar-refractivity contribution in [2.24, 2.45) is 0 Å². The maximum Gasteiger partial charge on any atom is 0.125 e. The summed E-state index contributed by atoms with van der Waals surface area (Å²) in [6.45, 7) is 7.89. The van der Waals surface area contributed by atoms with E-state index in [1.165, 1.54) is 16.7 Å². The third kappa shape index (κ3) is 4.22. The van der Waals surface area contributed by atoms with E-state index < -0.39 is 0 Å². The van der Waals surface area contributed by atoms with Crippen LogP contribution in [0.5, 0.6) is 5.75 Å². The summed E-state index contributed by atoms with van der Waals surface area (Å²) in [6.07, 6.45) is 3.92. The molecule has 0 aliphatic heterocycles. The van der Waals surface area contributed by atoms with Crippen LogP contribution in [0, 0.1) is 20.8 Å². The van der Waals surface area contributed by atoms with Gasteiger partial charge in [0.1, 0.15) is 12.4 Å². The Bertz CT molecular complexity index is 414. The molecule has 112 valence electrons. The minimum Gasteiger partial charge on any atom is -0.492 e. The molecule has 0 bridgehead atoms. The maximum atomic E-state index is 9.48. The fraction of sp³-hybridized carbons (Fsp3) is 0.647. The van der Waals surface area contributed by atoms with E-state index in [0.717, 1.165) is 38.0 Å². The summed E-state index contributed by atoms with van der Waals surface area (Å²) in [5, 5.41) is 13.0. The standard InChI is InChI=1S/C17H27NO2/c1-12-10-13(2)17(14(3)11-12)20-9-8-18-15-4-6-16(19)7-5-15/h10-11,15-16,18-19H,4-9H2,1-3H3. The van der Waals surface area contributed by atoms with E-state index in [9.17, 15) is 5.11 Å². The Balaban J connectivity index is 1.74. The first-order valence-electron chi connectivity index (χ1n) is 7.68. The van der Waals surface area contributed by atoms with Gasteiger partial charge in [-0.2, -0.15) is 0 Å². The molecule has 1 aliphatic rings. The number of benzene rings is 1. The molecule has 3 heteroatoms. The molecule has 0 aromatic heterocycles. The summed E-state index contributed by atoms with van der Waals surface area (Å²) in [7, 11) is 0. The lowest BCUT2D eigenvalue weighted by molar-refractivity contribution is 0.116. The molecule has 20 heavy (non-hydrogen) atoms. The predicted octanol–water partition coefficient (Wildman–Crippen LogP) is 2.88. The third-order valence-corrected chi connectivity index (χ3v) is 4.08. The number of aliphatic hydroxyl groups excluding tert-OH is 1. The van der Waals surface area contributed by atoms with Crippen molar-refractivity contribution in [1.82, 2.24) is 5.32 Å². The van der Waals surface area contributed by atoms with E-state index >= 15 is 0 Å². The van der Waals surface area contributed by atoms with Crippen molar-refractivity contribution in [3.63, 3.8) is 0 Å². The molecule has 1 aromatic rings. The number of hydrogen-bond donors (Lipinski definition) is 2. The van der Waals surface area contributed by atoms with Gasteiger partial charge in [-0.15, -0.1) is 0 Å². The van der Waals surface area contributed by atoms with Crippen LogP contribution in [0.2, 0.25) is 0 Å². The molecular formula is C17H27NO2. The lowest BCUT2D eigenvalue weighted by atomic mass is 9.93. The number of ether oxygens (including phenoxy) is 1. The van der Waals surface area contributed by atoms with Crippen LogP contribution in [0.3, 0.4) is 0 Å². The molecule has 0 amide bonds. The first-order chi connectivity index (χ1) is 9.56. The van der Waals surface area contributed by atoms with Crippen LogP contribution >= 0.6 is 0 Å². The second kappa shape index (κ2) is 7.09. The Morgan fingerprint density at radius 3 is 2.30 bits per heavy atom. The van der Waals surface area contributed by atoms with Gasteiger partial charge in [0, 0.05) is 12.6 Å². The number of aryl methyl sites for hydroxylation is 3. The molecule has 0 spiro atoms. The highest BCUT2D eigenvalue weighted by atomic mass is 16.5. The number of rotatable bonds is 5. The zero-order valence-electron chi connectivity index (χ0n) is 12.9. The molecular weight excluding hydrogens is 250 g/mol. The molecule has 1 fully saturated rings. The highest BCUT2D eigenvalue weighted by Crippen LogP contribution is 2.24. The SMILES string of the molecule is Cc1cc(C)c(OCCNC2CCC(O)CC2)c(C)c1. The summed E-state index contributed by atoms with van der Waals surface area (Å²) in [4.78, 5) is 0. The fourth-order valence-electron chi connectivity index (χ4n) is 3.09. The van der Waals surface area contributed by atoms with Gasteiger partial charge in [0.25, 0.3) is 0 Å². The number of aliphatic hydroxyl groups is 1. The third-order valence-electron chi connectivity index (χ3n) is 4.08. The summed E-state index contributed by atoms with van der Waals surface area (Å²) in [5.41, 5.74) is 3.71. The molecule has 3 nitrogen and oxygen atoms in total. The molecule has 1 aromatic carbocycles. The van der Waals surface area contributed by atoms with Gasteiger partial charge in [-0.1, -0.05) is 17.7 Å².